The average molecular weight is 276 g/mol. The highest BCUT2D eigenvalue weighted by atomic mass is 16.5. The second kappa shape index (κ2) is 8.57. The maximum atomic E-state index is 8.89. The molecule has 0 atom stereocenters. The maximum Gasteiger partial charge on any atom is 0.174 e. The molecule has 0 bridgehead atoms. The van der Waals surface area contributed by atoms with E-state index < -0.39 is 0 Å². The lowest BCUT2D eigenvalue weighted by Crippen LogP contribution is -2.29. The molecule has 4 heteroatoms. The van der Waals surface area contributed by atoms with Crippen molar-refractivity contribution in [2.45, 2.75) is 33.2 Å². The summed E-state index contributed by atoms with van der Waals surface area (Å²) in [4.78, 5) is 0. The molecule has 0 fully saturated rings. The molecule has 0 aliphatic rings. The van der Waals surface area contributed by atoms with Gasteiger partial charge >= 0.3 is 0 Å². The zero-order chi connectivity index (χ0) is 14.8. The summed E-state index contributed by atoms with van der Waals surface area (Å²) in [5.74, 6) is 0.759. The number of aliphatic hydroxyl groups is 1. The number of nitrogens with zero attached hydrogens (tertiary/aromatic N) is 1. The number of hydrogen-bond acceptors (Lipinski definition) is 4. The molecule has 0 aromatic heterocycles. The minimum atomic E-state index is 0.0685. The smallest absolute Gasteiger partial charge is 0.174 e. The Hall–Kier alpha value is -1.57. The first-order valence-electron chi connectivity index (χ1n) is 6.98. The van der Waals surface area contributed by atoms with E-state index in [1.165, 1.54) is 0 Å². The van der Waals surface area contributed by atoms with Crippen LogP contribution in [0.5, 0.6) is 5.75 Å². The third-order valence-electron chi connectivity index (χ3n) is 3.20. The highest BCUT2D eigenvalue weighted by Crippen LogP contribution is 2.22. The predicted molar refractivity (Wildman–Crippen MR) is 79.4 cm³/mol. The van der Waals surface area contributed by atoms with Crippen molar-refractivity contribution < 1.29 is 9.84 Å². The molecule has 0 heterocycles. The topological polar surface area (TPSA) is 65.3 Å². The zero-order valence-electron chi connectivity index (χ0n) is 12.4. The molecular weight excluding hydrogens is 252 g/mol. The molecule has 1 aromatic carbocycles. The molecule has 0 spiro atoms. The summed E-state index contributed by atoms with van der Waals surface area (Å²) in [6.07, 6.45) is 1.82. The predicted octanol–water partition coefficient (Wildman–Crippen LogP) is 2.48. The first-order chi connectivity index (χ1) is 9.59. The third-order valence-corrected chi connectivity index (χ3v) is 3.20. The summed E-state index contributed by atoms with van der Waals surface area (Å²) in [6.45, 7) is 6.28. The van der Waals surface area contributed by atoms with Gasteiger partial charge in [0.05, 0.1) is 0 Å². The minimum absolute atomic E-state index is 0.0685. The number of benzene rings is 1. The van der Waals surface area contributed by atoms with Gasteiger partial charge in [-0.05, 0) is 24.3 Å². The number of hydrogen-bond donors (Lipinski definition) is 2. The Morgan fingerprint density at radius 2 is 2.10 bits per heavy atom. The van der Waals surface area contributed by atoms with Gasteiger partial charge in [0.15, 0.2) is 6.61 Å². The molecule has 4 nitrogen and oxygen atoms in total. The van der Waals surface area contributed by atoms with Gasteiger partial charge < -0.3 is 15.2 Å². The molecule has 0 radical (unpaired) electrons. The monoisotopic (exact) mass is 276 g/mol. The summed E-state index contributed by atoms with van der Waals surface area (Å²) in [5.41, 5.74) is 1.21. The summed E-state index contributed by atoms with van der Waals surface area (Å²) >= 11 is 0. The Morgan fingerprint density at radius 3 is 2.80 bits per heavy atom. The fraction of sp³-hybridized carbons (Fsp3) is 0.562. The lowest BCUT2D eigenvalue weighted by Gasteiger charge is -2.25. The van der Waals surface area contributed by atoms with E-state index in [-0.39, 0.29) is 18.6 Å². The van der Waals surface area contributed by atoms with Crippen LogP contribution in [-0.2, 0) is 6.54 Å². The Bertz CT molecular complexity index is 438. The molecule has 0 saturated carbocycles. The van der Waals surface area contributed by atoms with Crippen LogP contribution >= 0.6 is 0 Å². The molecule has 0 aliphatic heterocycles. The molecular formula is C16H24N2O2. The number of ether oxygens (including phenoxy) is 1. The molecule has 110 valence electrons. The van der Waals surface area contributed by atoms with Crippen LogP contribution in [0.25, 0.3) is 0 Å². The van der Waals surface area contributed by atoms with Crippen molar-refractivity contribution in [3.63, 3.8) is 0 Å². The number of rotatable bonds is 9. The first-order valence-corrected chi connectivity index (χ1v) is 6.98. The van der Waals surface area contributed by atoms with Crippen LogP contribution in [0.15, 0.2) is 24.3 Å². The van der Waals surface area contributed by atoms with Gasteiger partial charge in [-0.15, -0.1) is 0 Å². The van der Waals surface area contributed by atoms with E-state index in [0.717, 1.165) is 30.7 Å². The number of nitrogens with one attached hydrogen (secondary N) is 1. The largest absolute Gasteiger partial charge is 0.478 e. The van der Waals surface area contributed by atoms with E-state index in [2.05, 4.69) is 19.2 Å². The van der Waals surface area contributed by atoms with Gasteiger partial charge in [-0.25, -0.2) is 0 Å². The van der Waals surface area contributed by atoms with Gasteiger partial charge in [0, 0.05) is 25.3 Å². The molecule has 1 rings (SSSR count). The van der Waals surface area contributed by atoms with Crippen LogP contribution in [0.4, 0.5) is 0 Å². The van der Waals surface area contributed by atoms with E-state index in [1.807, 2.05) is 30.3 Å². The minimum Gasteiger partial charge on any atom is -0.478 e. The number of aliphatic hydroxyl groups excluding tert-OH is 1. The van der Waals surface area contributed by atoms with E-state index in [4.69, 9.17) is 15.1 Å². The Labute approximate surface area is 121 Å². The van der Waals surface area contributed by atoms with Crippen molar-refractivity contribution in [2.24, 2.45) is 5.41 Å². The van der Waals surface area contributed by atoms with E-state index in [1.54, 1.807) is 0 Å². The van der Waals surface area contributed by atoms with Crippen LogP contribution < -0.4 is 10.1 Å². The SMILES string of the molecule is CC(C)(CCCO)CNCc1ccccc1OCC#N. The Kier molecular flexibility index (Phi) is 7.06. The summed E-state index contributed by atoms with van der Waals surface area (Å²) < 4.78 is 5.40. The lowest BCUT2D eigenvalue weighted by molar-refractivity contribution is 0.236. The summed E-state index contributed by atoms with van der Waals surface area (Å²) in [7, 11) is 0. The van der Waals surface area contributed by atoms with Crippen LogP contribution in [-0.4, -0.2) is 24.9 Å². The molecule has 0 unspecified atom stereocenters. The van der Waals surface area contributed by atoms with Crippen molar-refractivity contribution in [1.29, 1.82) is 5.26 Å². The van der Waals surface area contributed by atoms with Crippen molar-refractivity contribution in [3.8, 4) is 11.8 Å². The van der Waals surface area contributed by atoms with E-state index >= 15 is 0 Å². The molecule has 2 N–H and O–H groups in total. The second-order valence-corrected chi connectivity index (χ2v) is 5.65. The highest BCUT2D eigenvalue weighted by Gasteiger charge is 2.16. The Morgan fingerprint density at radius 1 is 1.35 bits per heavy atom. The van der Waals surface area contributed by atoms with Crippen molar-refractivity contribution in [1.82, 2.24) is 5.32 Å². The normalized spacial score (nSPS) is 11.1. The number of nitriles is 1. The van der Waals surface area contributed by atoms with Gasteiger partial charge in [-0.2, -0.15) is 5.26 Å². The van der Waals surface area contributed by atoms with E-state index in [9.17, 15) is 0 Å². The molecule has 1 aromatic rings. The second-order valence-electron chi connectivity index (χ2n) is 5.65. The van der Waals surface area contributed by atoms with Crippen LogP contribution in [0.3, 0.4) is 0 Å². The first kappa shape index (κ1) is 16.5. The van der Waals surface area contributed by atoms with Crippen LogP contribution in [0, 0.1) is 16.7 Å². The van der Waals surface area contributed by atoms with Gasteiger partial charge in [-0.1, -0.05) is 32.0 Å². The highest BCUT2D eigenvalue weighted by molar-refractivity contribution is 5.33. The van der Waals surface area contributed by atoms with Crippen molar-refractivity contribution in [2.75, 3.05) is 19.8 Å². The molecule has 0 amide bonds. The van der Waals surface area contributed by atoms with Gasteiger partial charge in [0.25, 0.3) is 0 Å². The average Bonchev–Trinajstić information content (AvgIpc) is 2.44. The van der Waals surface area contributed by atoms with Crippen LogP contribution in [0.2, 0.25) is 0 Å². The van der Waals surface area contributed by atoms with Crippen molar-refractivity contribution >= 4 is 0 Å². The van der Waals surface area contributed by atoms with Crippen LogP contribution in [0.1, 0.15) is 32.3 Å². The molecule has 0 aliphatic carbocycles. The van der Waals surface area contributed by atoms with Gasteiger partial charge in [0.1, 0.15) is 11.8 Å². The summed E-state index contributed by atoms with van der Waals surface area (Å²) in [6, 6.07) is 9.73. The third kappa shape index (κ3) is 6.05. The molecule has 0 saturated heterocycles. The van der Waals surface area contributed by atoms with E-state index in [0.29, 0.717) is 6.54 Å². The fourth-order valence-corrected chi connectivity index (χ4v) is 2.08. The zero-order valence-corrected chi connectivity index (χ0v) is 12.4. The lowest BCUT2D eigenvalue weighted by atomic mass is 9.88. The van der Waals surface area contributed by atoms with Crippen molar-refractivity contribution in [3.05, 3.63) is 29.8 Å². The maximum absolute atomic E-state index is 8.89. The van der Waals surface area contributed by atoms with Gasteiger partial charge in [0.2, 0.25) is 0 Å². The van der Waals surface area contributed by atoms with Gasteiger partial charge in [-0.3, -0.25) is 0 Å². The number of para-hydroxylation sites is 1. The molecule has 20 heavy (non-hydrogen) atoms. The quantitative estimate of drug-likeness (QED) is 0.727. The standard InChI is InChI=1S/C16H24N2O2/c1-16(2,8-5-10-19)13-18-12-14-6-3-4-7-15(14)20-11-9-17/h3-4,6-7,18-19H,5,8,10-13H2,1-2H3. The Balaban J connectivity index is 2.47. The fourth-order valence-electron chi connectivity index (χ4n) is 2.08. The summed E-state index contributed by atoms with van der Waals surface area (Å²) in [5, 5.41) is 20.9.